The maximum absolute atomic E-state index is 13.0. The van der Waals surface area contributed by atoms with Crippen molar-refractivity contribution in [1.29, 1.82) is 0 Å². The first-order chi connectivity index (χ1) is 26.9. The fraction of sp³-hybridized carbons (Fsp3) is 0.881. The second kappa shape index (κ2) is 33.4. The Bertz CT molecular complexity index is 1120. The van der Waals surface area contributed by atoms with Crippen LogP contribution in [0, 0.1) is 0 Å². The zero-order chi connectivity index (χ0) is 41.4. The van der Waals surface area contributed by atoms with Crippen LogP contribution in [0.15, 0.2) is 24.3 Å². The van der Waals surface area contributed by atoms with Crippen LogP contribution in [0.4, 0.5) is 0 Å². The normalized spacial score (nSPS) is 22.2. The van der Waals surface area contributed by atoms with Gasteiger partial charge in [0.2, 0.25) is 5.91 Å². The zero-order valence-electron chi connectivity index (χ0n) is 34.6. The molecule has 0 bridgehead atoms. The Labute approximate surface area is 338 Å². The molecule has 56 heavy (non-hydrogen) atoms. The number of rotatable bonds is 36. The van der Waals surface area contributed by atoms with Crippen LogP contribution in [0.25, 0.3) is 0 Å². The lowest BCUT2D eigenvalue weighted by Gasteiger charge is -2.41. The van der Waals surface area contributed by atoms with Gasteiger partial charge in [0.1, 0.15) is 30.5 Å². The minimum Gasteiger partial charge on any atom is -0.394 e. The number of aliphatic hydroxyl groups is 5. The first kappa shape index (κ1) is 52.6. The standard InChI is InChI=1S/C42H79NO12S/c1-3-5-7-9-11-13-15-16-17-18-19-20-21-23-24-26-28-30-35(45)34(43-41(49)36(46)31-29-27-25-22-14-12-10-8-6-4-2)33-53-42-39(48)40(55-56(50,51)52)38(47)37(32-44)54-42/h21,23,28,30,34-40,42,44-48H,3-20,22,24-27,29,31-33H2,1-2H3,(H,43,49)(H,50,51,52)/b23-21+,30-28+. The Morgan fingerprint density at radius 2 is 1.20 bits per heavy atom. The number of carbonyl (C=O) groups excluding carboxylic acids is 1. The molecule has 0 aliphatic carbocycles. The summed E-state index contributed by atoms with van der Waals surface area (Å²) in [6.07, 6.45) is 24.2. The van der Waals surface area contributed by atoms with Gasteiger partial charge in [-0.2, -0.15) is 8.42 Å². The molecule has 1 fully saturated rings. The van der Waals surface area contributed by atoms with E-state index in [0.29, 0.717) is 12.8 Å². The molecule has 7 N–H and O–H groups in total. The molecule has 1 saturated heterocycles. The van der Waals surface area contributed by atoms with Crippen LogP contribution in [0.2, 0.25) is 0 Å². The summed E-state index contributed by atoms with van der Waals surface area (Å²) in [6, 6.07) is -1.13. The van der Waals surface area contributed by atoms with Gasteiger partial charge in [0.05, 0.1) is 25.4 Å². The molecule has 0 aromatic carbocycles. The van der Waals surface area contributed by atoms with Gasteiger partial charge >= 0.3 is 10.4 Å². The lowest BCUT2D eigenvalue weighted by atomic mass is 9.99. The number of hydrogen-bond donors (Lipinski definition) is 7. The van der Waals surface area contributed by atoms with Crippen molar-refractivity contribution < 1.29 is 57.0 Å². The second-order valence-corrected chi connectivity index (χ2v) is 16.5. The SMILES string of the molecule is CCCCCCCCCCCCC/C=C/CC/C=C/C(O)C(COC1OC(CO)C(O)C(OS(=O)(=O)O)C1O)NC(=O)C(O)CCCCCCCCCCCC. The summed E-state index contributed by atoms with van der Waals surface area (Å²) in [6.45, 7) is 3.16. The van der Waals surface area contributed by atoms with E-state index in [9.17, 15) is 38.7 Å². The van der Waals surface area contributed by atoms with Crippen LogP contribution in [0.1, 0.15) is 174 Å². The van der Waals surface area contributed by atoms with E-state index in [0.717, 1.165) is 38.5 Å². The molecule has 13 nitrogen and oxygen atoms in total. The fourth-order valence-electron chi connectivity index (χ4n) is 6.83. The highest BCUT2D eigenvalue weighted by Gasteiger charge is 2.48. The van der Waals surface area contributed by atoms with Crippen LogP contribution < -0.4 is 5.32 Å². The van der Waals surface area contributed by atoms with Gasteiger partial charge in [-0.25, -0.2) is 4.18 Å². The van der Waals surface area contributed by atoms with Crippen LogP contribution in [0.3, 0.4) is 0 Å². The first-order valence-corrected chi connectivity index (χ1v) is 23.2. The third-order valence-corrected chi connectivity index (χ3v) is 10.8. The molecular weight excluding hydrogens is 743 g/mol. The number of carbonyl (C=O) groups is 1. The second-order valence-electron chi connectivity index (χ2n) is 15.4. The Morgan fingerprint density at radius 3 is 1.71 bits per heavy atom. The van der Waals surface area contributed by atoms with Crippen LogP contribution in [-0.2, 0) is 28.9 Å². The molecule has 8 atom stereocenters. The topological polar surface area (TPSA) is 212 Å². The molecule has 1 amide bonds. The maximum atomic E-state index is 13.0. The summed E-state index contributed by atoms with van der Waals surface area (Å²) >= 11 is 0. The third-order valence-electron chi connectivity index (χ3n) is 10.3. The van der Waals surface area contributed by atoms with Gasteiger partial charge in [-0.1, -0.05) is 167 Å². The number of ether oxygens (including phenoxy) is 2. The van der Waals surface area contributed by atoms with E-state index in [2.05, 4.69) is 35.5 Å². The van der Waals surface area contributed by atoms with E-state index in [1.54, 1.807) is 6.08 Å². The highest BCUT2D eigenvalue weighted by atomic mass is 32.3. The van der Waals surface area contributed by atoms with E-state index >= 15 is 0 Å². The fourth-order valence-corrected chi connectivity index (χ4v) is 7.34. The van der Waals surface area contributed by atoms with E-state index < -0.39 is 78.5 Å². The van der Waals surface area contributed by atoms with Crippen molar-refractivity contribution in [3.05, 3.63) is 24.3 Å². The predicted octanol–water partition coefficient (Wildman–Crippen LogP) is 6.74. The molecule has 1 aliphatic rings. The Hall–Kier alpha value is -1.46. The molecule has 0 aromatic rings. The lowest BCUT2D eigenvalue weighted by molar-refractivity contribution is -0.298. The molecule has 0 radical (unpaired) electrons. The molecule has 0 saturated carbocycles. The van der Waals surface area contributed by atoms with Gasteiger partial charge in [-0.15, -0.1) is 0 Å². The average molecular weight is 822 g/mol. The van der Waals surface area contributed by atoms with Crippen molar-refractivity contribution >= 4 is 16.3 Å². The third kappa shape index (κ3) is 25.8. The van der Waals surface area contributed by atoms with Crippen LogP contribution >= 0.6 is 0 Å². The van der Waals surface area contributed by atoms with Crippen molar-refractivity contribution in [1.82, 2.24) is 5.32 Å². The monoisotopic (exact) mass is 822 g/mol. The number of hydrogen-bond acceptors (Lipinski definition) is 11. The predicted molar refractivity (Wildman–Crippen MR) is 219 cm³/mol. The smallest absolute Gasteiger partial charge is 0.394 e. The molecule has 330 valence electrons. The summed E-state index contributed by atoms with van der Waals surface area (Å²) in [5.41, 5.74) is 0. The van der Waals surface area contributed by atoms with Crippen molar-refractivity contribution in [3.8, 4) is 0 Å². The molecule has 1 heterocycles. The van der Waals surface area contributed by atoms with Gasteiger partial charge in [0.25, 0.3) is 0 Å². The highest BCUT2D eigenvalue weighted by Crippen LogP contribution is 2.26. The van der Waals surface area contributed by atoms with Crippen molar-refractivity contribution in [2.75, 3.05) is 13.2 Å². The van der Waals surface area contributed by atoms with Crippen molar-refractivity contribution in [3.63, 3.8) is 0 Å². The van der Waals surface area contributed by atoms with Gasteiger partial charge in [-0.3, -0.25) is 9.35 Å². The van der Waals surface area contributed by atoms with E-state index in [-0.39, 0.29) is 6.42 Å². The first-order valence-electron chi connectivity index (χ1n) is 21.8. The average Bonchev–Trinajstić information content (AvgIpc) is 3.16. The van der Waals surface area contributed by atoms with Crippen LogP contribution in [-0.4, -0.2) is 107 Å². The van der Waals surface area contributed by atoms with E-state index in [1.807, 2.05) is 0 Å². The van der Waals surface area contributed by atoms with Gasteiger partial charge in [0, 0.05) is 0 Å². The van der Waals surface area contributed by atoms with E-state index in [4.69, 9.17) is 14.0 Å². The summed E-state index contributed by atoms with van der Waals surface area (Å²) in [5, 5.41) is 55.0. The molecule has 1 aliphatic heterocycles. The molecule has 0 aromatic heterocycles. The quantitative estimate of drug-likeness (QED) is 0.0199. The number of allylic oxidation sites excluding steroid dienone is 3. The molecule has 1 rings (SSSR count). The summed E-state index contributed by atoms with van der Waals surface area (Å²) in [7, 11) is -5.12. The minimum absolute atomic E-state index is 0.239. The lowest BCUT2D eigenvalue weighted by Crippen LogP contribution is -2.61. The van der Waals surface area contributed by atoms with Crippen molar-refractivity contribution in [2.24, 2.45) is 0 Å². The highest BCUT2D eigenvalue weighted by molar-refractivity contribution is 7.80. The molecular formula is C42H79NO12S. The number of aliphatic hydroxyl groups excluding tert-OH is 5. The molecule has 0 spiro atoms. The summed E-state index contributed by atoms with van der Waals surface area (Å²) in [5.74, 6) is -0.714. The largest absolute Gasteiger partial charge is 0.397 e. The number of nitrogens with one attached hydrogen (secondary N) is 1. The van der Waals surface area contributed by atoms with Crippen molar-refractivity contribution in [2.45, 2.75) is 223 Å². The van der Waals surface area contributed by atoms with Gasteiger partial charge in [0.15, 0.2) is 6.29 Å². The number of amides is 1. The Kier molecular flexibility index (Phi) is 31.3. The Balaban J connectivity index is 2.65. The van der Waals surface area contributed by atoms with E-state index in [1.165, 1.54) is 109 Å². The minimum atomic E-state index is -5.12. The summed E-state index contributed by atoms with van der Waals surface area (Å²) in [4.78, 5) is 13.0. The Morgan fingerprint density at radius 1 is 0.714 bits per heavy atom. The zero-order valence-corrected chi connectivity index (χ0v) is 35.4. The number of unbranched alkanes of at least 4 members (excludes halogenated alkanes) is 21. The molecule has 8 unspecified atom stereocenters. The van der Waals surface area contributed by atoms with Crippen LogP contribution in [0.5, 0.6) is 0 Å². The summed E-state index contributed by atoms with van der Waals surface area (Å²) < 4.78 is 47.4. The molecule has 14 heteroatoms. The van der Waals surface area contributed by atoms with Gasteiger partial charge in [-0.05, 0) is 32.1 Å². The maximum Gasteiger partial charge on any atom is 0.397 e. The van der Waals surface area contributed by atoms with Gasteiger partial charge < -0.3 is 40.3 Å².